The first-order valence-corrected chi connectivity index (χ1v) is 10.5. The number of nitrogens with one attached hydrogen (secondary N) is 1. The van der Waals surface area contributed by atoms with Crippen LogP contribution in [0.25, 0.3) is 11.3 Å². The highest BCUT2D eigenvalue weighted by atomic mass is 79.9. The molecule has 2 heterocycles. The maximum absolute atomic E-state index is 14.4. The third kappa shape index (κ3) is 4.60. The number of amides is 1. The van der Waals surface area contributed by atoms with E-state index >= 15 is 0 Å². The molecule has 1 fully saturated rings. The number of carbonyl (C=O) groups is 1. The minimum absolute atomic E-state index is 0.146. The van der Waals surface area contributed by atoms with Crippen LogP contribution >= 0.6 is 15.9 Å². The summed E-state index contributed by atoms with van der Waals surface area (Å²) in [4.78, 5) is 14.7. The van der Waals surface area contributed by atoms with Crippen molar-refractivity contribution < 1.29 is 18.1 Å². The SMILES string of the molecule is O=C(NCC(c1ccc(F)cc1F)N1CCCC1)c1cc(-c2ccc(Br)cc2)on1. The van der Waals surface area contributed by atoms with E-state index in [-0.39, 0.29) is 18.3 Å². The molecule has 1 amide bonds. The maximum Gasteiger partial charge on any atom is 0.273 e. The zero-order valence-electron chi connectivity index (χ0n) is 16.1. The number of carbonyl (C=O) groups excluding carboxylic acids is 1. The normalized spacial score (nSPS) is 15.3. The second-order valence-electron chi connectivity index (χ2n) is 7.22. The Morgan fingerprint density at radius 2 is 1.87 bits per heavy atom. The van der Waals surface area contributed by atoms with Crippen molar-refractivity contribution in [1.29, 1.82) is 0 Å². The molecule has 1 N–H and O–H groups in total. The number of nitrogens with zero attached hydrogens (tertiary/aromatic N) is 2. The average molecular weight is 476 g/mol. The Morgan fingerprint density at radius 1 is 1.13 bits per heavy atom. The van der Waals surface area contributed by atoms with E-state index in [4.69, 9.17) is 4.52 Å². The first-order valence-electron chi connectivity index (χ1n) is 9.71. The molecule has 1 aromatic heterocycles. The lowest BCUT2D eigenvalue weighted by Crippen LogP contribution is -2.37. The topological polar surface area (TPSA) is 58.4 Å². The summed E-state index contributed by atoms with van der Waals surface area (Å²) in [5, 5.41) is 6.68. The summed E-state index contributed by atoms with van der Waals surface area (Å²) >= 11 is 3.37. The summed E-state index contributed by atoms with van der Waals surface area (Å²) in [6, 6.07) is 12.2. The van der Waals surface area contributed by atoms with E-state index in [1.165, 1.54) is 12.1 Å². The molecule has 4 rings (SSSR count). The van der Waals surface area contributed by atoms with Gasteiger partial charge in [0.15, 0.2) is 11.5 Å². The van der Waals surface area contributed by atoms with Crippen molar-refractivity contribution in [2.24, 2.45) is 0 Å². The molecule has 8 heteroatoms. The van der Waals surface area contributed by atoms with Gasteiger partial charge in [-0.25, -0.2) is 8.78 Å². The fourth-order valence-corrected chi connectivity index (χ4v) is 3.94. The van der Waals surface area contributed by atoms with Crippen molar-refractivity contribution in [3.8, 4) is 11.3 Å². The summed E-state index contributed by atoms with van der Waals surface area (Å²) in [7, 11) is 0. The Hall–Kier alpha value is -2.58. The van der Waals surface area contributed by atoms with Crippen LogP contribution in [0, 0.1) is 11.6 Å². The van der Waals surface area contributed by atoms with Crippen LogP contribution in [-0.2, 0) is 0 Å². The van der Waals surface area contributed by atoms with Crippen LogP contribution in [-0.4, -0.2) is 35.6 Å². The zero-order chi connectivity index (χ0) is 21.1. The van der Waals surface area contributed by atoms with E-state index in [0.29, 0.717) is 11.3 Å². The van der Waals surface area contributed by atoms with Gasteiger partial charge in [0.25, 0.3) is 5.91 Å². The molecular formula is C22H20BrF2N3O2. The Balaban J connectivity index is 1.48. The van der Waals surface area contributed by atoms with E-state index in [0.717, 1.165) is 42.0 Å². The van der Waals surface area contributed by atoms with Gasteiger partial charge in [-0.1, -0.05) is 39.3 Å². The van der Waals surface area contributed by atoms with Crippen LogP contribution in [0.2, 0.25) is 0 Å². The Labute approximate surface area is 181 Å². The van der Waals surface area contributed by atoms with Gasteiger partial charge in [0, 0.05) is 34.3 Å². The molecule has 1 saturated heterocycles. The molecule has 0 saturated carbocycles. The number of hydrogen-bond acceptors (Lipinski definition) is 4. The number of halogens is 3. The van der Waals surface area contributed by atoms with E-state index in [1.54, 1.807) is 6.07 Å². The molecule has 0 bridgehead atoms. The van der Waals surface area contributed by atoms with Crippen LogP contribution in [0.5, 0.6) is 0 Å². The zero-order valence-corrected chi connectivity index (χ0v) is 17.7. The highest BCUT2D eigenvalue weighted by Crippen LogP contribution is 2.27. The number of benzene rings is 2. The van der Waals surface area contributed by atoms with Gasteiger partial charge in [0.2, 0.25) is 0 Å². The number of likely N-dealkylation sites (tertiary alicyclic amines) is 1. The van der Waals surface area contributed by atoms with Crippen molar-refractivity contribution in [2.75, 3.05) is 19.6 Å². The summed E-state index contributed by atoms with van der Waals surface area (Å²) in [6.07, 6.45) is 2.01. The summed E-state index contributed by atoms with van der Waals surface area (Å²) < 4.78 is 34.0. The largest absolute Gasteiger partial charge is 0.355 e. The Bertz CT molecular complexity index is 1030. The second-order valence-corrected chi connectivity index (χ2v) is 8.13. The third-order valence-electron chi connectivity index (χ3n) is 5.23. The molecule has 1 aliphatic rings. The molecular weight excluding hydrogens is 456 g/mol. The smallest absolute Gasteiger partial charge is 0.273 e. The predicted octanol–water partition coefficient (Wildman–Crippen LogP) is 4.95. The molecule has 1 aliphatic heterocycles. The Morgan fingerprint density at radius 3 is 2.57 bits per heavy atom. The van der Waals surface area contributed by atoms with Crippen LogP contribution in [0.1, 0.15) is 34.9 Å². The standard InChI is InChI=1S/C22H20BrF2N3O2/c23-15-5-3-14(4-6-15)21-12-19(27-30-21)22(29)26-13-20(28-9-1-2-10-28)17-8-7-16(24)11-18(17)25/h3-8,11-12,20H,1-2,9-10,13H2,(H,26,29). The van der Waals surface area contributed by atoms with Gasteiger partial charge in [-0.3, -0.25) is 9.69 Å². The van der Waals surface area contributed by atoms with Gasteiger partial charge < -0.3 is 9.84 Å². The first-order chi connectivity index (χ1) is 14.5. The predicted molar refractivity (Wildman–Crippen MR) is 112 cm³/mol. The van der Waals surface area contributed by atoms with Crippen molar-refractivity contribution in [3.63, 3.8) is 0 Å². The molecule has 3 aromatic rings. The highest BCUT2D eigenvalue weighted by Gasteiger charge is 2.27. The molecule has 5 nitrogen and oxygen atoms in total. The van der Waals surface area contributed by atoms with Gasteiger partial charge >= 0.3 is 0 Å². The number of rotatable bonds is 6. The van der Waals surface area contributed by atoms with Crippen molar-refractivity contribution >= 4 is 21.8 Å². The van der Waals surface area contributed by atoms with Gasteiger partial charge in [-0.05, 0) is 44.1 Å². The summed E-state index contributed by atoms with van der Waals surface area (Å²) in [5.74, 6) is -1.16. The second kappa shape index (κ2) is 9.06. The van der Waals surface area contributed by atoms with E-state index in [2.05, 4.69) is 31.3 Å². The molecule has 30 heavy (non-hydrogen) atoms. The van der Waals surface area contributed by atoms with E-state index in [9.17, 15) is 13.6 Å². The molecule has 1 atom stereocenters. The molecule has 2 aromatic carbocycles. The van der Waals surface area contributed by atoms with Gasteiger partial charge in [-0.15, -0.1) is 0 Å². The molecule has 156 valence electrons. The lowest BCUT2D eigenvalue weighted by atomic mass is 10.0. The quantitative estimate of drug-likeness (QED) is 0.547. The minimum atomic E-state index is -0.622. The van der Waals surface area contributed by atoms with Crippen molar-refractivity contribution in [2.45, 2.75) is 18.9 Å². The summed E-state index contributed by atoms with van der Waals surface area (Å²) in [6.45, 7) is 1.78. The fourth-order valence-electron chi connectivity index (χ4n) is 3.67. The lowest BCUT2D eigenvalue weighted by Gasteiger charge is -2.28. The number of hydrogen-bond donors (Lipinski definition) is 1. The Kier molecular flexibility index (Phi) is 6.24. The monoisotopic (exact) mass is 475 g/mol. The van der Waals surface area contributed by atoms with E-state index in [1.807, 2.05) is 24.3 Å². The third-order valence-corrected chi connectivity index (χ3v) is 5.76. The van der Waals surface area contributed by atoms with Gasteiger partial charge in [0.1, 0.15) is 11.6 Å². The molecule has 0 spiro atoms. The lowest BCUT2D eigenvalue weighted by molar-refractivity contribution is 0.0928. The first kappa shape index (κ1) is 20.7. The fraction of sp³-hybridized carbons (Fsp3) is 0.273. The molecule has 0 radical (unpaired) electrons. The van der Waals surface area contributed by atoms with Crippen molar-refractivity contribution in [1.82, 2.24) is 15.4 Å². The van der Waals surface area contributed by atoms with Crippen LogP contribution in [0.3, 0.4) is 0 Å². The minimum Gasteiger partial charge on any atom is -0.355 e. The number of aromatic nitrogens is 1. The van der Waals surface area contributed by atoms with Gasteiger partial charge in [0.05, 0.1) is 6.04 Å². The molecule has 1 unspecified atom stereocenters. The maximum atomic E-state index is 14.4. The highest BCUT2D eigenvalue weighted by molar-refractivity contribution is 9.10. The summed E-state index contributed by atoms with van der Waals surface area (Å²) in [5.41, 5.74) is 1.31. The molecule has 0 aliphatic carbocycles. The average Bonchev–Trinajstić information content (AvgIpc) is 3.42. The van der Waals surface area contributed by atoms with Crippen LogP contribution in [0.4, 0.5) is 8.78 Å². The van der Waals surface area contributed by atoms with E-state index < -0.39 is 17.5 Å². The van der Waals surface area contributed by atoms with Crippen molar-refractivity contribution in [3.05, 3.63) is 75.9 Å². The van der Waals surface area contributed by atoms with Crippen LogP contribution < -0.4 is 5.32 Å². The van der Waals surface area contributed by atoms with Gasteiger partial charge in [-0.2, -0.15) is 0 Å². The van der Waals surface area contributed by atoms with Crippen LogP contribution in [0.15, 0.2) is 57.5 Å².